The maximum absolute atomic E-state index is 8.49. The molecule has 4 rings (SSSR count). The lowest BCUT2D eigenvalue weighted by atomic mass is 10.2. The van der Waals surface area contributed by atoms with Crippen molar-refractivity contribution in [2.75, 3.05) is 0 Å². The Bertz CT molecular complexity index is 994. The Morgan fingerprint density at radius 2 is 1.52 bits per heavy atom. The molecule has 0 atom stereocenters. The van der Waals surface area contributed by atoms with E-state index in [0.29, 0.717) is 6.67 Å². The van der Waals surface area contributed by atoms with Crippen LogP contribution < -0.4 is 23.2 Å². The van der Waals surface area contributed by atoms with Crippen LogP contribution in [0.1, 0.15) is 0 Å². The van der Waals surface area contributed by atoms with Gasteiger partial charge in [0, 0.05) is 11.5 Å². The maximum Gasteiger partial charge on any atom is 0.244 e. The summed E-state index contributed by atoms with van der Waals surface area (Å²) in [4.78, 5) is 0. The van der Waals surface area contributed by atoms with Crippen molar-refractivity contribution >= 4 is 21.8 Å². The Morgan fingerprint density at radius 3 is 2.28 bits per heavy atom. The molecule has 2 aromatic heterocycles. The van der Waals surface area contributed by atoms with E-state index < -0.39 is 10.2 Å². The molecule has 0 unspecified atom stereocenters. The second-order valence-corrected chi connectivity index (χ2v) is 5.94. The minimum Gasteiger partial charge on any atom is -0.222 e. The van der Waals surface area contributed by atoms with Crippen molar-refractivity contribution in [3.05, 3.63) is 67.0 Å². The fourth-order valence-corrected chi connectivity index (χ4v) is 2.44. The number of aromatic nitrogens is 4. The molecule has 0 aliphatic rings. The minimum atomic E-state index is -4.94. The van der Waals surface area contributed by atoms with Gasteiger partial charge in [-0.15, -0.1) is 15.3 Å². The van der Waals surface area contributed by atoms with E-state index in [1.807, 2.05) is 28.9 Å². The number of fused-ring (bicyclic) bond motifs is 2. The molecule has 0 N–H and O–H groups in total. The number of pyridine rings is 1. The average Bonchev–Trinajstić information content (AvgIpc) is 2.97. The molecule has 2 heterocycles. The van der Waals surface area contributed by atoms with E-state index in [1.165, 1.54) is 10.8 Å². The first-order chi connectivity index (χ1) is 11.9. The van der Waals surface area contributed by atoms with E-state index >= 15 is 0 Å². The topological polar surface area (TPSA) is 127 Å². The van der Waals surface area contributed by atoms with Crippen LogP contribution in [0.4, 0.5) is 0 Å². The van der Waals surface area contributed by atoms with Crippen molar-refractivity contribution in [3.8, 4) is 0 Å². The Labute approximate surface area is 144 Å². The number of halogens is 1. The summed E-state index contributed by atoms with van der Waals surface area (Å²) in [6.45, 7) is 0.658. The van der Waals surface area contributed by atoms with Gasteiger partial charge in [0.1, 0.15) is 5.52 Å². The van der Waals surface area contributed by atoms with Gasteiger partial charge < -0.3 is 0 Å². The van der Waals surface area contributed by atoms with E-state index in [0.717, 1.165) is 11.0 Å². The number of hydrogen-bond donors (Lipinski definition) is 0. The SMILES string of the molecule is [O-][Cl+3]([O-])([O-])[O-].c1ccc2c[n+](Cn3nnc4ccccc43)ccc2c1. The van der Waals surface area contributed by atoms with E-state index in [9.17, 15) is 0 Å². The molecule has 2 aromatic carbocycles. The van der Waals surface area contributed by atoms with Gasteiger partial charge in [0.2, 0.25) is 6.67 Å². The summed E-state index contributed by atoms with van der Waals surface area (Å²) in [5.74, 6) is 0. The fraction of sp³-hybridized carbons (Fsp3) is 0.0625. The average molecular weight is 361 g/mol. The third kappa shape index (κ3) is 4.69. The van der Waals surface area contributed by atoms with Crippen LogP contribution in [0, 0.1) is 10.2 Å². The lowest BCUT2D eigenvalue weighted by Crippen LogP contribution is -2.68. The first-order valence-electron chi connectivity index (χ1n) is 7.18. The molecule has 25 heavy (non-hydrogen) atoms. The summed E-state index contributed by atoms with van der Waals surface area (Å²) in [6, 6.07) is 18.5. The van der Waals surface area contributed by atoms with Crippen molar-refractivity contribution in [1.82, 2.24) is 15.0 Å². The maximum atomic E-state index is 8.49. The van der Waals surface area contributed by atoms with Crippen molar-refractivity contribution in [1.29, 1.82) is 0 Å². The van der Waals surface area contributed by atoms with Crippen LogP contribution in [-0.2, 0) is 6.67 Å². The third-order valence-corrected chi connectivity index (χ3v) is 3.46. The number of para-hydroxylation sites is 1. The van der Waals surface area contributed by atoms with Gasteiger partial charge in [-0.05, 0) is 23.6 Å². The summed E-state index contributed by atoms with van der Waals surface area (Å²) in [7, 11) is -4.94. The van der Waals surface area contributed by atoms with Crippen LogP contribution >= 0.6 is 0 Å². The molecule has 0 amide bonds. The van der Waals surface area contributed by atoms with Gasteiger partial charge in [0.05, 0.1) is 5.52 Å². The standard InChI is InChI=1S/C16H13N4.ClHO4/c1-2-6-14-11-19(10-9-13(14)5-1)12-20-16-8-4-3-7-15(16)17-18-20;2-1(3,4)5/h1-11H,12H2;(H,2,3,4,5)/q+1;/p-1. The second kappa shape index (κ2) is 7.09. The summed E-state index contributed by atoms with van der Waals surface area (Å²) < 4.78 is 38.0. The molecule has 0 saturated heterocycles. The molecule has 0 radical (unpaired) electrons. The van der Waals surface area contributed by atoms with Gasteiger partial charge in [-0.1, -0.05) is 35.5 Å². The van der Waals surface area contributed by atoms with Crippen molar-refractivity contribution < 1.29 is 33.4 Å². The molecule has 128 valence electrons. The van der Waals surface area contributed by atoms with Gasteiger partial charge in [0.15, 0.2) is 12.4 Å². The van der Waals surface area contributed by atoms with E-state index in [1.54, 1.807) is 0 Å². The molecular weight excluding hydrogens is 348 g/mol. The van der Waals surface area contributed by atoms with Gasteiger partial charge >= 0.3 is 0 Å². The zero-order valence-electron chi connectivity index (χ0n) is 12.9. The third-order valence-electron chi connectivity index (χ3n) is 3.46. The van der Waals surface area contributed by atoms with Crippen molar-refractivity contribution in [2.45, 2.75) is 6.67 Å². The van der Waals surface area contributed by atoms with Gasteiger partial charge in [-0.2, -0.15) is 9.25 Å². The van der Waals surface area contributed by atoms with Gasteiger partial charge in [-0.3, -0.25) is 0 Å². The van der Waals surface area contributed by atoms with Crippen LogP contribution in [0.25, 0.3) is 21.8 Å². The first-order valence-corrected chi connectivity index (χ1v) is 8.41. The van der Waals surface area contributed by atoms with E-state index in [4.69, 9.17) is 18.6 Å². The van der Waals surface area contributed by atoms with E-state index in [2.05, 4.69) is 57.6 Å². The largest absolute Gasteiger partial charge is 0.244 e. The quantitative estimate of drug-likeness (QED) is 0.367. The van der Waals surface area contributed by atoms with Crippen LogP contribution in [0.2, 0.25) is 0 Å². The molecule has 8 nitrogen and oxygen atoms in total. The highest BCUT2D eigenvalue weighted by Gasteiger charge is 2.08. The predicted molar refractivity (Wildman–Crippen MR) is 77.1 cm³/mol. The molecule has 4 aromatic rings. The van der Waals surface area contributed by atoms with Gasteiger partial charge in [-0.25, -0.2) is 18.6 Å². The number of hydrogen-bond acceptors (Lipinski definition) is 6. The van der Waals surface area contributed by atoms with Crippen LogP contribution in [0.5, 0.6) is 0 Å². The van der Waals surface area contributed by atoms with Crippen LogP contribution in [0.3, 0.4) is 0 Å². The minimum absolute atomic E-state index is 0.658. The monoisotopic (exact) mass is 360 g/mol. The van der Waals surface area contributed by atoms with Crippen LogP contribution in [-0.4, -0.2) is 15.0 Å². The van der Waals surface area contributed by atoms with Crippen molar-refractivity contribution in [3.63, 3.8) is 0 Å². The van der Waals surface area contributed by atoms with Crippen molar-refractivity contribution in [2.24, 2.45) is 0 Å². The highest BCUT2D eigenvalue weighted by atomic mass is 35.7. The number of benzene rings is 2. The molecule has 0 bridgehead atoms. The zero-order chi connectivity index (χ0) is 17.9. The van der Waals surface area contributed by atoms with Crippen LogP contribution in [0.15, 0.2) is 67.0 Å². The molecule has 0 spiro atoms. The predicted octanol–water partition coefficient (Wildman–Crippen LogP) is -2.38. The lowest BCUT2D eigenvalue weighted by Gasteiger charge is -2.17. The first kappa shape index (κ1) is 17.2. The highest BCUT2D eigenvalue weighted by Crippen LogP contribution is 2.11. The summed E-state index contributed by atoms with van der Waals surface area (Å²) in [6.07, 6.45) is 4.20. The zero-order valence-corrected chi connectivity index (χ0v) is 13.6. The molecule has 0 saturated carbocycles. The summed E-state index contributed by atoms with van der Waals surface area (Å²) in [5.41, 5.74) is 1.97. The number of rotatable bonds is 2. The molecule has 9 heteroatoms. The Balaban J connectivity index is 0.000000324. The molecule has 0 aliphatic heterocycles. The summed E-state index contributed by atoms with van der Waals surface area (Å²) in [5, 5.41) is 10.9. The summed E-state index contributed by atoms with van der Waals surface area (Å²) >= 11 is 0. The lowest BCUT2D eigenvalue weighted by molar-refractivity contribution is -2.00. The second-order valence-electron chi connectivity index (χ2n) is 5.19. The smallest absolute Gasteiger partial charge is 0.222 e. The fourth-order valence-electron chi connectivity index (χ4n) is 2.44. The Kier molecular flexibility index (Phi) is 4.88. The van der Waals surface area contributed by atoms with E-state index in [-0.39, 0.29) is 0 Å². The number of nitrogens with zero attached hydrogens (tertiary/aromatic N) is 4. The molecular formula is C16H13ClN4O4. The Hall–Kier alpha value is -2.62. The highest BCUT2D eigenvalue weighted by molar-refractivity contribution is 5.80. The normalized spacial score (nSPS) is 11.4. The van der Waals surface area contributed by atoms with Gasteiger partial charge in [0.25, 0.3) is 0 Å². The Morgan fingerprint density at radius 1 is 0.880 bits per heavy atom. The molecule has 0 fully saturated rings. The molecule has 0 aliphatic carbocycles.